The van der Waals surface area contributed by atoms with Crippen LogP contribution in [0.2, 0.25) is 0 Å². The second kappa shape index (κ2) is 81.0. The summed E-state index contributed by atoms with van der Waals surface area (Å²) in [5.74, 6) is -0.185. The molecular weight excluding hydrogens is 747 g/mol. The van der Waals surface area contributed by atoms with E-state index in [9.17, 15) is 19.2 Å². The van der Waals surface area contributed by atoms with Gasteiger partial charge in [0.05, 0.1) is 5.92 Å². The van der Waals surface area contributed by atoms with E-state index in [1.54, 1.807) is 74.1 Å². The number of carboxylic acids is 1. The first kappa shape index (κ1) is 85.7. The molecule has 1 unspecified atom stereocenters. The molecule has 0 aliphatic carbocycles. The number of amides is 2. The Morgan fingerprint density at radius 2 is 1.07 bits per heavy atom. The van der Waals surface area contributed by atoms with E-state index in [2.05, 4.69) is 99.8 Å². The number of ether oxygens (including phenoxy) is 1. The summed E-state index contributed by atoms with van der Waals surface area (Å²) in [5.41, 5.74) is 0.500. The number of nitrogens with zero attached hydrogens (tertiary/aromatic N) is 4. The Hall–Kier alpha value is -2.35. The lowest BCUT2D eigenvalue weighted by molar-refractivity contribution is -0.140. The van der Waals surface area contributed by atoms with Gasteiger partial charge in [-0.2, -0.15) is 22.0 Å². The van der Waals surface area contributed by atoms with Crippen LogP contribution in [-0.4, -0.2) is 114 Å². The zero-order valence-electron chi connectivity index (χ0n) is 42.5. The molecule has 56 heavy (non-hydrogen) atoms. The number of thiocarbonyl (C=S) groups is 1. The van der Waals surface area contributed by atoms with Gasteiger partial charge in [-0.1, -0.05) is 114 Å². The van der Waals surface area contributed by atoms with Crippen LogP contribution < -0.4 is 5.32 Å². The van der Waals surface area contributed by atoms with Gasteiger partial charge in [0.1, 0.15) is 5.78 Å². The van der Waals surface area contributed by atoms with Gasteiger partial charge < -0.3 is 24.9 Å². The quantitative estimate of drug-likeness (QED) is 0.0864. The zero-order chi connectivity index (χ0) is 48.5. The minimum Gasteiger partial charge on any atom is -0.481 e. The van der Waals surface area contributed by atoms with Crippen molar-refractivity contribution < 1.29 is 29.0 Å². The van der Waals surface area contributed by atoms with E-state index in [0.29, 0.717) is 11.8 Å². The summed E-state index contributed by atoms with van der Waals surface area (Å²) in [6.07, 6.45) is 11.5. The van der Waals surface area contributed by atoms with Crippen LogP contribution in [0.1, 0.15) is 144 Å². The maximum absolute atomic E-state index is 10.8. The van der Waals surface area contributed by atoms with Crippen LogP contribution in [0.4, 0.5) is 0 Å². The van der Waals surface area contributed by atoms with E-state index in [1.807, 2.05) is 73.4 Å². The van der Waals surface area contributed by atoms with Gasteiger partial charge in [0, 0.05) is 54.7 Å². The number of rotatable bonds is 1. The molecule has 1 aliphatic rings. The molecule has 1 rings (SSSR count). The van der Waals surface area contributed by atoms with Crippen molar-refractivity contribution in [3.63, 3.8) is 0 Å². The Balaban J connectivity index is -0.0000000381. The maximum atomic E-state index is 10.8. The number of Topliss-reactive ketones (excluding diaryl/α,β-unsaturated/α-hetero) is 1. The number of azo groups is 1. The number of nitrogens with one attached hydrogen (secondary N) is 1. The van der Waals surface area contributed by atoms with Gasteiger partial charge in [-0.3, -0.25) is 19.3 Å². The van der Waals surface area contributed by atoms with Crippen LogP contribution in [0.3, 0.4) is 0 Å². The number of aliphatic carboxylic acids is 1. The number of allylic oxidation sites excluding steroid dienone is 2. The molecule has 2 amide bonds. The third kappa shape index (κ3) is 311. The molecule has 13 heteroatoms. The lowest BCUT2D eigenvalue weighted by Gasteiger charge is -2.05. The molecule has 0 aromatic rings. The molecule has 11 nitrogen and oxygen atoms in total. The highest BCUT2D eigenvalue weighted by Gasteiger charge is 2.32. The number of imide groups is 1. The first-order valence-electron chi connectivity index (χ1n) is 18.9. The lowest BCUT2D eigenvalue weighted by Crippen LogP contribution is -2.24. The molecular formula is C43H99N5O6S2. The molecule has 0 saturated carbocycles. The molecule has 0 aromatic carbocycles. The second-order valence-corrected chi connectivity index (χ2v) is 15.7. The normalized spacial score (nSPS) is 11.4. The molecule has 1 aliphatic heterocycles. The van der Waals surface area contributed by atoms with Crippen LogP contribution in [0.25, 0.3) is 0 Å². The van der Waals surface area contributed by atoms with Crippen molar-refractivity contribution in [1.29, 1.82) is 0 Å². The summed E-state index contributed by atoms with van der Waals surface area (Å²) in [4.78, 5) is 46.5. The van der Waals surface area contributed by atoms with Crippen molar-refractivity contribution in [2.45, 2.75) is 144 Å². The monoisotopic (exact) mass is 846 g/mol. The number of aliphatic imine (C=N–C) groups is 1. The number of hydrogen-bond acceptors (Lipinski definition) is 11. The van der Waals surface area contributed by atoms with Crippen molar-refractivity contribution in [3.05, 3.63) is 12.2 Å². The van der Waals surface area contributed by atoms with Crippen LogP contribution in [0, 0.1) is 23.2 Å². The molecule has 1 saturated heterocycles. The predicted octanol–water partition coefficient (Wildman–Crippen LogP) is 11.9. The summed E-state index contributed by atoms with van der Waals surface area (Å²) in [6.45, 7) is 37.3. The molecule has 344 valence electrons. The van der Waals surface area contributed by atoms with Crippen molar-refractivity contribution in [3.8, 4) is 0 Å². The molecule has 0 radical (unpaired) electrons. The van der Waals surface area contributed by atoms with Gasteiger partial charge in [-0.05, 0) is 97.5 Å². The first-order valence-corrected chi connectivity index (χ1v) is 20.9. The van der Waals surface area contributed by atoms with Gasteiger partial charge >= 0.3 is 5.97 Å². The highest BCUT2D eigenvalue weighted by molar-refractivity contribution is 7.97. The molecule has 0 aromatic heterocycles. The third-order valence-corrected chi connectivity index (χ3v) is 2.89. The van der Waals surface area contributed by atoms with E-state index >= 15 is 0 Å². The van der Waals surface area contributed by atoms with Crippen LogP contribution >= 0.6 is 24.0 Å². The summed E-state index contributed by atoms with van der Waals surface area (Å²) in [7, 11) is 13.5. The van der Waals surface area contributed by atoms with Gasteiger partial charge in [0.2, 0.25) is 11.8 Å². The maximum Gasteiger partial charge on any atom is 0.305 e. The number of carbonyl (C=O) groups is 4. The zero-order valence-corrected chi connectivity index (χ0v) is 44.1. The Kier molecular flexibility index (Phi) is 124. The highest BCUT2D eigenvalue weighted by atomic mass is 32.2. The smallest absolute Gasteiger partial charge is 0.305 e. The highest BCUT2D eigenvalue weighted by Crippen LogP contribution is 2.15. The fraction of sp³-hybridized carbons (Fsp3) is 0.814. The molecule has 2 N–H and O–H groups in total. The summed E-state index contributed by atoms with van der Waals surface area (Å²) in [5, 5.41) is 17.5. The SMILES string of the molecule is C/C=C/C.CC(C)(C)C.CC(C)=O.CC(C)=S.CC(C)C.CC(C)C(=O)O.CC1CC(=O)N(C)C1=O.CC=NC.CCC.CN=NC.CNC.COC.CSC. The topological polar surface area (TPSA) is 150 Å². The van der Waals surface area contributed by atoms with Crippen LogP contribution in [0.15, 0.2) is 27.4 Å². The fourth-order valence-electron chi connectivity index (χ4n) is 0.940. The minimum atomic E-state index is -0.741. The third-order valence-electron chi connectivity index (χ3n) is 2.89. The van der Waals surface area contributed by atoms with Crippen molar-refractivity contribution in [2.75, 3.05) is 69.0 Å². The van der Waals surface area contributed by atoms with Crippen molar-refractivity contribution in [2.24, 2.45) is 38.4 Å². The van der Waals surface area contributed by atoms with Crippen LogP contribution in [-0.2, 0) is 23.9 Å². The van der Waals surface area contributed by atoms with E-state index in [4.69, 9.17) is 5.11 Å². The average Bonchev–Trinajstić information content (AvgIpc) is 3.26. The van der Waals surface area contributed by atoms with Crippen molar-refractivity contribution >= 4 is 58.6 Å². The Morgan fingerprint density at radius 3 is 1.09 bits per heavy atom. The number of carboxylic acid groups (broad SMARTS) is 1. The predicted molar refractivity (Wildman–Crippen MR) is 261 cm³/mol. The number of likely N-dealkylation sites (tertiary alicyclic amines) is 1. The standard InChI is InChI=1S/C6H9NO2.C5H12.C4H8O2.C4H10.C4H8.C3H7N.C3H6O.C3H6S.C3H8.C2H6N2.C2H7N.C2H6O.C2H6S/c1-4-3-5(8)7(2)6(4)9;1-5(2,3)4;1-3(2)4(5)6;1-4(2)3;2*1-3-4-2;2*1-3(2)4;1-3-2;1-3-4-2;3*1-3-2/h4H,3H2,1-2H3;1-4H3;3H,1-2H3,(H,5,6);4H,1-3H3;3-4H,1-2H3;3H,1-2H3;2*1-2H3;3H2,1-2H3;1-2H3;3H,1-2H3;2*1-2H3/b;;;;4-3+;;;;;;;;. The first-order chi connectivity index (χ1) is 25.4. The summed E-state index contributed by atoms with van der Waals surface area (Å²) >= 11 is 6.29. The Morgan fingerprint density at radius 1 is 0.911 bits per heavy atom. The van der Waals surface area contributed by atoms with Gasteiger partial charge in [-0.25, -0.2) is 0 Å². The minimum absolute atomic E-state index is 0.0556. The van der Waals surface area contributed by atoms with E-state index in [-0.39, 0.29) is 29.4 Å². The fourth-order valence-corrected chi connectivity index (χ4v) is 0.940. The summed E-state index contributed by atoms with van der Waals surface area (Å²) in [6, 6.07) is 0. The molecule has 0 spiro atoms. The van der Waals surface area contributed by atoms with Crippen LogP contribution in [0.5, 0.6) is 0 Å². The number of methoxy groups -OCH3 is 1. The lowest BCUT2D eigenvalue weighted by atomic mass is 10.0. The van der Waals surface area contributed by atoms with Gasteiger partial charge in [0.15, 0.2) is 0 Å². The number of hydrogen-bond donors (Lipinski definition) is 2. The number of ketones is 1. The molecule has 1 fully saturated rings. The van der Waals surface area contributed by atoms with E-state index < -0.39 is 5.97 Å². The summed E-state index contributed by atoms with van der Waals surface area (Å²) < 4.78 is 4.25. The molecule has 1 heterocycles. The second-order valence-electron chi connectivity index (χ2n) is 14.0. The van der Waals surface area contributed by atoms with Gasteiger partial charge in [0.25, 0.3) is 0 Å². The molecule has 0 bridgehead atoms. The van der Waals surface area contributed by atoms with E-state index in [0.717, 1.165) is 10.8 Å². The largest absolute Gasteiger partial charge is 0.481 e. The number of thioether (sulfide) groups is 1. The van der Waals surface area contributed by atoms with Gasteiger partial charge in [-0.15, -0.1) is 0 Å². The van der Waals surface area contributed by atoms with Crippen molar-refractivity contribution in [1.82, 2.24) is 10.2 Å². The number of carbonyl (C=O) groups excluding carboxylic acids is 3. The average molecular weight is 846 g/mol. The Bertz CT molecular complexity index is 773. The molecule has 1 atom stereocenters. The Labute approximate surface area is 360 Å². The van der Waals surface area contributed by atoms with E-state index in [1.165, 1.54) is 32.2 Å².